The molecule has 0 radical (unpaired) electrons. The molecule has 1 N–H and O–H groups in total. The predicted octanol–water partition coefficient (Wildman–Crippen LogP) is 2.67. The van der Waals surface area contributed by atoms with E-state index in [2.05, 4.69) is 6.92 Å². The zero-order valence-electron chi connectivity index (χ0n) is 8.92. The quantitative estimate of drug-likeness (QED) is 0.730. The fourth-order valence-corrected chi connectivity index (χ4v) is 1.30. The van der Waals surface area contributed by atoms with E-state index in [1.54, 1.807) is 0 Å². The monoisotopic (exact) mass is 194 g/mol. The molecule has 2 nitrogen and oxygen atoms in total. The first-order chi connectivity index (χ1) is 6.77. The maximum atomic E-state index is 8.93. The Hall–Kier alpha value is -1.02. The highest BCUT2D eigenvalue weighted by atomic mass is 16.5. The number of unbranched alkanes of at least 4 members (excludes halogenated alkanes) is 1. The minimum absolute atomic E-state index is 0.0933. The Morgan fingerprint density at radius 3 is 2.71 bits per heavy atom. The van der Waals surface area contributed by atoms with Crippen LogP contribution >= 0.6 is 0 Å². The number of hydrogen-bond acceptors (Lipinski definition) is 2. The molecule has 0 aliphatic heterocycles. The molecule has 1 aromatic rings. The molecule has 1 rings (SSSR count). The van der Waals surface area contributed by atoms with E-state index in [-0.39, 0.29) is 6.61 Å². The van der Waals surface area contributed by atoms with Gasteiger partial charge >= 0.3 is 0 Å². The molecule has 0 saturated heterocycles. The van der Waals surface area contributed by atoms with E-state index in [9.17, 15) is 0 Å². The molecule has 0 aromatic heterocycles. The number of ether oxygens (including phenoxy) is 1. The van der Waals surface area contributed by atoms with Gasteiger partial charge in [0.15, 0.2) is 0 Å². The molecular formula is C12H18O2. The van der Waals surface area contributed by atoms with Crippen LogP contribution in [0.3, 0.4) is 0 Å². The molecule has 0 aliphatic rings. The minimum atomic E-state index is 0.0933. The van der Waals surface area contributed by atoms with E-state index in [1.807, 2.05) is 25.1 Å². The largest absolute Gasteiger partial charge is 0.493 e. The van der Waals surface area contributed by atoms with Crippen LogP contribution in [-0.4, -0.2) is 11.7 Å². The second kappa shape index (κ2) is 5.66. The van der Waals surface area contributed by atoms with Gasteiger partial charge in [-0.05, 0) is 30.5 Å². The van der Waals surface area contributed by atoms with Crippen LogP contribution in [-0.2, 0) is 6.61 Å². The summed E-state index contributed by atoms with van der Waals surface area (Å²) in [7, 11) is 0. The van der Waals surface area contributed by atoms with Gasteiger partial charge in [0.25, 0.3) is 0 Å². The van der Waals surface area contributed by atoms with Crippen molar-refractivity contribution in [3.63, 3.8) is 0 Å². The molecule has 2 heteroatoms. The minimum Gasteiger partial charge on any atom is -0.493 e. The first kappa shape index (κ1) is 11.1. The molecule has 78 valence electrons. The van der Waals surface area contributed by atoms with Gasteiger partial charge in [0.2, 0.25) is 0 Å². The lowest BCUT2D eigenvalue weighted by Crippen LogP contribution is -1.98. The number of benzene rings is 1. The van der Waals surface area contributed by atoms with Crippen LogP contribution < -0.4 is 4.74 Å². The number of hydrogen-bond donors (Lipinski definition) is 1. The van der Waals surface area contributed by atoms with E-state index in [1.165, 1.54) is 0 Å². The third kappa shape index (κ3) is 3.04. The molecule has 0 unspecified atom stereocenters. The van der Waals surface area contributed by atoms with Crippen molar-refractivity contribution in [2.24, 2.45) is 0 Å². The van der Waals surface area contributed by atoms with Crippen LogP contribution in [0.15, 0.2) is 18.2 Å². The Labute approximate surface area is 85.5 Å². The van der Waals surface area contributed by atoms with E-state index in [0.29, 0.717) is 0 Å². The highest BCUT2D eigenvalue weighted by molar-refractivity contribution is 5.35. The smallest absolute Gasteiger partial charge is 0.122 e. The molecular weight excluding hydrogens is 176 g/mol. The average Bonchev–Trinajstić information content (AvgIpc) is 2.20. The second-order valence-electron chi connectivity index (χ2n) is 3.46. The summed E-state index contributed by atoms with van der Waals surface area (Å²) in [6.07, 6.45) is 2.23. The standard InChI is InChI=1S/C12H18O2/c1-3-4-7-14-12-6-5-11(9-13)8-10(12)2/h5-6,8,13H,3-4,7,9H2,1-2H3. The normalized spacial score (nSPS) is 10.2. The Kier molecular flexibility index (Phi) is 4.47. The summed E-state index contributed by atoms with van der Waals surface area (Å²) in [5, 5.41) is 8.93. The molecule has 14 heavy (non-hydrogen) atoms. The van der Waals surface area contributed by atoms with Crippen molar-refractivity contribution in [1.82, 2.24) is 0 Å². The topological polar surface area (TPSA) is 29.5 Å². The summed E-state index contributed by atoms with van der Waals surface area (Å²) < 4.78 is 5.60. The Bertz CT molecular complexity index is 282. The van der Waals surface area contributed by atoms with Gasteiger partial charge in [0, 0.05) is 0 Å². The SMILES string of the molecule is CCCCOc1ccc(CO)cc1C. The summed E-state index contributed by atoms with van der Waals surface area (Å²) in [6.45, 7) is 5.01. The summed E-state index contributed by atoms with van der Waals surface area (Å²) in [6, 6.07) is 5.78. The van der Waals surface area contributed by atoms with E-state index >= 15 is 0 Å². The lowest BCUT2D eigenvalue weighted by molar-refractivity contribution is 0.280. The lowest BCUT2D eigenvalue weighted by atomic mass is 10.1. The van der Waals surface area contributed by atoms with Crippen molar-refractivity contribution >= 4 is 0 Å². The van der Waals surface area contributed by atoms with E-state index in [4.69, 9.17) is 9.84 Å². The van der Waals surface area contributed by atoms with Crippen LogP contribution in [0.5, 0.6) is 5.75 Å². The number of aliphatic hydroxyl groups excluding tert-OH is 1. The van der Waals surface area contributed by atoms with Crippen LogP contribution in [0.4, 0.5) is 0 Å². The number of aliphatic hydroxyl groups is 1. The third-order valence-corrected chi connectivity index (χ3v) is 2.18. The van der Waals surface area contributed by atoms with E-state index < -0.39 is 0 Å². The molecule has 0 atom stereocenters. The molecule has 0 bridgehead atoms. The van der Waals surface area contributed by atoms with Crippen molar-refractivity contribution in [2.75, 3.05) is 6.61 Å². The summed E-state index contributed by atoms with van der Waals surface area (Å²) in [5.41, 5.74) is 2.03. The Morgan fingerprint density at radius 2 is 2.14 bits per heavy atom. The molecule has 1 aromatic carbocycles. The zero-order valence-corrected chi connectivity index (χ0v) is 8.92. The van der Waals surface area contributed by atoms with Crippen LogP contribution in [0.25, 0.3) is 0 Å². The molecule has 0 fully saturated rings. The predicted molar refractivity (Wildman–Crippen MR) is 57.5 cm³/mol. The van der Waals surface area contributed by atoms with Gasteiger partial charge in [0.05, 0.1) is 13.2 Å². The van der Waals surface area contributed by atoms with Crippen molar-refractivity contribution in [3.8, 4) is 5.75 Å². The first-order valence-corrected chi connectivity index (χ1v) is 5.11. The van der Waals surface area contributed by atoms with Gasteiger partial charge in [-0.25, -0.2) is 0 Å². The fourth-order valence-electron chi connectivity index (χ4n) is 1.30. The van der Waals surface area contributed by atoms with E-state index in [0.717, 1.165) is 36.3 Å². The van der Waals surface area contributed by atoms with Gasteiger partial charge in [-0.2, -0.15) is 0 Å². The molecule has 0 heterocycles. The maximum absolute atomic E-state index is 8.93. The van der Waals surface area contributed by atoms with Gasteiger partial charge < -0.3 is 9.84 Å². The van der Waals surface area contributed by atoms with Gasteiger partial charge in [0.1, 0.15) is 5.75 Å². The summed E-state index contributed by atoms with van der Waals surface area (Å²) in [5.74, 6) is 0.927. The fraction of sp³-hybridized carbons (Fsp3) is 0.500. The molecule has 0 amide bonds. The third-order valence-electron chi connectivity index (χ3n) is 2.18. The lowest BCUT2D eigenvalue weighted by Gasteiger charge is -2.09. The number of aryl methyl sites for hydroxylation is 1. The first-order valence-electron chi connectivity index (χ1n) is 5.11. The molecule has 0 spiro atoms. The van der Waals surface area contributed by atoms with Crippen LogP contribution in [0.2, 0.25) is 0 Å². The summed E-state index contributed by atoms with van der Waals surface area (Å²) in [4.78, 5) is 0. The molecule has 0 aliphatic carbocycles. The number of rotatable bonds is 5. The highest BCUT2D eigenvalue weighted by Crippen LogP contribution is 2.19. The second-order valence-corrected chi connectivity index (χ2v) is 3.46. The van der Waals surface area contributed by atoms with Gasteiger partial charge in [-0.3, -0.25) is 0 Å². The Morgan fingerprint density at radius 1 is 1.36 bits per heavy atom. The van der Waals surface area contributed by atoms with Crippen LogP contribution in [0, 0.1) is 6.92 Å². The van der Waals surface area contributed by atoms with Crippen LogP contribution in [0.1, 0.15) is 30.9 Å². The maximum Gasteiger partial charge on any atom is 0.122 e. The van der Waals surface area contributed by atoms with Crippen molar-refractivity contribution in [1.29, 1.82) is 0 Å². The Balaban J connectivity index is 2.59. The highest BCUT2D eigenvalue weighted by Gasteiger charge is 1.99. The van der Waals surface area contributed by atoms with Crippen molar-refractivity contribution in [3.05, 3.63) is 29.3 Å². The van der Waals surface area contributed by atoms with Crippen molar-refractivity contribution in [2.45, 2.75) is 33.3 Å². The zero-order chi connectivity index (χ0) is 10.4. The summed E-state index contributed by atoms with van der Waals surface area (Å²) >= 11 is 0. The van der Waals surface area contributed by atoms with Gasteiger partial charge in [-0.15, -0.1) is 0 Å². The van der Waals surface area contributed by atoms with Crippen molar-refractivity contribution < 1.29 is 9.84 Å². The van der Waals surface area contributed by atoms with Gasteiger partial charge in [-0.1, -0.05) is 25.5 Å². The molecule has 0 saturated carbocycles. The average molecular weight is 194 g/mol.